The monoisotopic (exact) mass is 254 g/mol. The Hall–Kier alpha value is -0.870. The Morgan fingerprint density at radius 1 is 1.50 bits per heavy atom. The number of nitrogens with zero attached hydrogens (tertiary/aromatic N) is 1. The Morgan fingerprint density at radius 2 is 2.29 bits per heavy atom. The number of fused-ring (bicyclic) bond motifs is 1. The van der Waals surface area contributed by atoms with Crippen molar-refractivity contribution < 1.29 is 4.52 Å². The Morgan fingerprint density at radius 3 is 3.00 bits per heavy atom. The Kier molecular flexibility index (Phi) is 2.56. The second-order valence-corrected chi connectivity index (χ2v) is 4.13. The van der Waals surface area contributed by atoms with Crippen molar-refractivity contribution in [3.63, 3.8) is 0 Å². The van der Waals surface area contributed by atoms with Gasteiger partial charge in [-0.25, -0.2) is 0 Å². The summed E-state index contributed by atoms with van der Waals surface area (Å²) >= 11 is 3.43. The predicted molar refractivity (Wildman–Crippen MR) is 59.2 cm³/mol. The highest BCUT2D eigenvalue weighted by Crippen LogP contribution is 2.26. The van der Waals surface area contributed by atoms with Crippen molar-refractivity contribution >= 4 is 26.8 Å². The topological polar surface area (TPSA) is 38.1 Å². The van der Waals surface area contributed by atoms with Crippen molar-refractivity contribution in [1.29, 1.82) is 0 Å². The summed E-state index contributed by atoms with van der Waals surface area (Å²) in [5.41, 5.74) is 0.894. The number of hydrogen-bond acceptors (Lipinski definition) is 3. The second kappa shape index (κ2) is 3.71. The minimum atomic E-state index is 0.175. The first-order valence-electron chi connectivity index (χ1n) is 4.44. The van der Waals surface area contributed by atoms with Crippen LogP contribution in [-0.4, -0.2) is 12.2 Å². The average Bonchev–Trinajstić information content (AvgIpc) is 2.59. The highest BCUT2D eigenvalue weighted by atomic mass is 79.9. The van der Waals surface area contributed by atoms with E-state index in [0.29, 0.717) is 0 Å². The normalized spacial score (nSPS) is 13.4. The smallest absolute Gasteiger partial charge is 0.161 e. The number of nitrogens with one attached hydrogen (secondary N) is 1. The van der Waals surface area contributed by atoms with Gasteiger partial charge in [0.05, 0.1) is 6.04 Å². The van der Waals surface area contributed by atoms with Crippen LogP contribution in [0.5, 0.6) is 0 Å². The molecule has 0 amide bonds. The Bertz CT molecular complexity index is 452. The largest absolute Gasteiger partial charge is 0.358 e. The van der Waals surface area contributed by atoms with Crippen LogP contribution >= 0.6 is 15.9 Å². The van der Waals surface area contributed by atoms with Crippen molar-refractivity contribution in [2.75, 3.05) is 7.05 Å². The average molecular weight is 255 g/mol. The molecule has 0 saturated heterocycles. The summed E-state index contributed by atoms with van der Waals surface area (Å²) < 4.78 is 6.33. The molecule has 1 heterocycles. The van der Waals surface area contributed by atoms with E-state index in [-0.39, 0.29) is 6.04 Å². The first kappa shape index (κ1) is 9.68. The molecule has 1 aromatic carbocycles. The maximum atomic E-state index is 5.29. The fraction of sp³-hybridized carbons (Fsp3) is 0.300. The molecule has 0 saturated carbocycles. The van der Waals surface area contributed by atoms with E-state index >= 15 is 0 Å². The minimum absolute atomic E-state index is 0.175. The van der Waals surface area contributed by atoms with Gasteiger partial charge in [-0.2, -0.15) is 0 Å². The lowest BCUT2D eigenvalue weighted by molar-refractivity contribution is 0.361. The maximum absolute atomic E-state index is 5.29. The lowest BCUT2D eigenvalue weighted by atomic mass is 10.1. The van der Waals surface area contributed by atoms with E-state index in [9.17, 15) is 0 Å². The molecule has 0 aliphatic rings. The predicted octanol–water partition coefficient (Wildman–Crippen LogP) is 2.87. The van der Waals surface area contributed by atoms with Crippen molar-refractivity contribution in [1.82, 2.24) is 10.5 Å². The third-order valence-corrected chi connectivity index (χ3v) is 2.79. The molecule has 0 radical (unpaired) electrons. The molecule has 0 aliphatic carbocycles. The molecular formula is C10H11BrN2O. The van der Waals surface area contributed by atoms with Crippen molar-refractivity contribution in [3.05, 3.63) is 28.4 Å². The molecule has 0 fully saturated rings. The molecule has 1 unspecified atom stereocenters. The highest BCUT2D eigenvalue weighted by Gasteiger charge is 2.13. The molecule has 4 heteroatoms. The second-order valence-electron chi connectivity index (χ2n) is 3.22. The van der Waals surface area contributed by atoms with Crippen molar-refractivity contribution in [2.45, 2.75) is 13.0 Å². The lowest BCUT2D eigenvalue weighted by Gasteiger charge is -2.04. The molecule has 3 nitrogen and oxygen atoms in total. The molecular weight excluding hydrogens is 244 g/mol. The van der Waals surface area contributed by atoms with Gasteiger partial charge in [-0.15, -0.1) is 0 Å². The number of aromatic nitrogens is 1. The van der Waals surface area contributed by atoms with Crippen LogP contribution in [0.15, 0.2) is 27.2 Å². The molecule has 0 aliphatic heterocycles. The van der Waals surface area contributed by atoms with Crippen LogP contribution in [0.25, 0.3) is 10.9 Å². The first-order valence-corrected chi connectivity index (χ1v) is 5.24. The van der Waals surface area contributed by atoms with Crippen LogP contribution in [0.1, 0.15) is 18.7 Å². The van der Waals surface area contributed by atoms with Gasteiger partial charge in [-0.3, -0.25) is 0 Å². The number of hydrogen-bond donors (Lipinski definition) is 1. The molecule has 0 bridgehead atoms. The molecule has 1 N–H and O–H groups in total. The Labute approximate surface area is 90.6 Å². The van der Waals surface area contributed by atoms with Gasteiger partial charge in [0, 0.05) is 9.86 Å². The van der Waals surface area contributed by atoms with Gasteiger partial charge in [-0.1, -0.05) is 21.1 Å². The van der Waals surface area contributed by atoms with Gasteiger partial charge in [0.1, 0.15) is 5.52 Å². The summed E-state index contributed by atoms with van der Waals surface area (Å²) in [5.74, 6) is 0.879. The van der Waals surface area contributed by atoms with Crippen LogP contribution in [-0.2, 0) is 0 Å². The minimum Gasteiger partial charge on any atom is -0.358 e. The molecule has 2 aromatic rings. The van der Waals surface area contributed by atoms with Crippen molar-refractivity contribution in [2.24, 2.45) is 0 Å². The molecule has 14 heavy (non-hydrogen) atoms. The van der Waals surface area contributed by atoms with Crippen LogP contribution in [0.2, 0.25) is 0 Å². The zero-order chi connectivity index (χ0) is 10.1. The van der Waals surface area contributed by atoms with E-state index in [0.717, 1.165) is 21.1 Å². The summed E-state index contributed by atoms with van der Waals surface area (Å²) in [7, 11) is 1.90. The van der Waals surface area contributed by atoms with E-state index in [2.05, 4.69) is 26.4 Å². The summed E-state index contributed by atoms with van der Waals surface area (Å²) in [5, 5.41) is 8.18. The van der Waals surface area contributed by atoms with Gasteiger partial charge >= 0.3 is 0 Å². The van der Waals surface area contributed by atoms with Crippen LogP contribution in [0.3, 0.4) is 0 Å². The number of benzene rings is 1. The third-order valence-electron chi connectivity index (χ3n) is 2.29. The molecule has 74 valence electrons. The lowest BCUT2D eigenvalue weighted by Crippen LogP contribution is -2.11. The molecule has 0 spiro atoms. The van der Waals surface area contributed by atoms with E-state index in [4.69, 9.17) is 4.52 Å². The van der Waals surface area contributed by atoms with Crippen LogP contribution in [0, 0.1) is 0 Å². The summed E-state index contributed by atoms with van der Waals surface area (Å²) in [6.07, 6.45) is 0. The zero-order valence-corrected chi connectivity index (χ0v) is 9.63. The van der Waals surface area contributed by atoms with Gasteiger partial charge in [-0.05, 0) is 32.2 Å². The van der Waals surface area contributed by atoms with E-state index < -0.39 is 0 Å². The van der Waals surface area contributed by atoms with Crippen LogP contribution < -0.4 is 5.32 Å². The molecule has 1 atom stereocenters. The van der Waals surface area contributed by atoms with E-state index in [1.165, 1.54) is 0 Å². The molecule has 1 aromatic heterocycles. The summed E-state index contributed by atoms with van der Waals surface area (Å²) in [6, 6.07) is 6.09. The quantitative estimate of drug-likeness (QED) is 0.896. The Balaban J connectivity index is 2.61. The van der Waals surface area contributed by atoms with Gasteiger partial charge in [0.2, 0.25) is 0 Å². The standard InChI is InChI=1S/C10H11BrN2O/c1-6(12-2)10-8-5-7(11)3-4-9(8)13-14-10/h3-6,12H,1-2H3. The fourth-order valence-electron chi connectivity index (χ4n) is 1.38. The molecule has 2 rings (SSSR count). The van der Waals surface area contributed by atoms with Gasteiger partial charge in [0.25, 0.3) is 0 Å². The first-order chi connectivity index (χ1) is 6.72. The van der Waals surface area contributed by atoms with E-state index in [1.807, 2.05) is 32.2 Å². The SMILES string of the molecule is CNC(C)c1onc2ccc(Br)cc12. The summed E-state index contributed by atoms with van der Waals surface area (Å²) in [4.78, 5) is 0. The van der Waals surface area contributed by atoms with E-state index in [1.54, 1.807) is 0 Å². The summed E-state index contributed by atoms with van der Waals surface area (Å²) in [6.45, 7) is 2.04. The number of halogens is 1. The zero-order valence-electron chi connectivity index (χ0n) is 8.04. The third kappa shape index (κ3) is 1.55. The van der Waals surface area contributed by atoms with Crippen LogP contribution in [0.4, 0.5) is 0 Å². The fourth-order valence-corrected chi connectivity index (χ4v) is 1.74. The number of rotatable bonds is 2. The maximum Gasteiger partial charge on any atom is 0.161 e. The highest BCUT2D eigenvalue weighted by molar-refractivity contribution is 9.10. The van der Waals surface area contributed by atoms with Gasteiger partial charge in [0.15, 0.2) is 5.76 Å². The van der Waals surface area contributed by atoms with Gasteiger partial charge < -0.3 is 9.84 Å². The van der Waals surface area contributed by atoms with Crippen molar-refractivity contribution in [3.8, 4) is 0 Å².